The van der Waals surface area contributed by atoms with E-state index in [2.05, 4.69) is 0 Å². The first-order chi connectivity index (χ1) is 10.5. The number of nitro groups is 1. The molecule has 0 radical (unpaired) electrons. The maximum absolute atomic E-state index is 12.2. The first-order valence-corrected chi connectivity index (χ1v) is 6.21. The number of rotatable bonds is 2. The van der Waals surface area contributed by atoms with Crippen LogP contribution in [0.2, 0.25) is 0 Å². The van der Waals surface area contributed by atoms with E-state index in [4.69, 9.17) is 4.74 Å². The van der Waals surface area contributed by atoms with Crippen LogP contribution in [0.3, 0.4) is 0 Å². The summed E-state index contributed by atoms with van der Waals surface area (Å²) in [5.41, 5.74) is 0.366. The van der Waals surface area contributed by atoms with Gasteiger partial charge < -0.3 is 14.9 Å². The summed E-state index contributed by atoms with van der Waals surface area (Å²) in [7, 11) is 0. The van der Waals surface area contributed by atoms with E-state index in [-0.39, 0.29) is 22.8 Å². The van der Waals surface area contributed by atoms with Crippen LogP contribution in [0.25, 0.3) is 6.08 Å². The third-order valence-electron chi connectivity index (χ3n) is 3.19. The third kappa shape index (κ3) is 2.14. The molecule has 0 spiro atoms. The highest BCUT2D eigenvalue weighted by Gasteiger charge is 2.31. The molecule has 0 atom stereocenters. The Bertz CT molecular complexity index is 823. The van der Waals surface area contributed by atoms with Crippen molar-refractivity contribution in [3.8, 4) is 17.2 Å². The Kier molecular flexibility index (Phi) is 3.03. The van der Waals surface area contributed by atoms with Crippen molar-refractivity contribution in [2.45, 2.75) is 0 Å². The van der Waals surface area contributed by atoms with E-state index in [9.17, 15) is 25.1 Å². The van der Waals surface area contributed by atoms with Crippen molar-refractivity contribution >= 4 is 17.5 Å². The molecule has 0 amide bonds. The van der Waals surface area contributed by atoms with E-state index in [0.717, 1.165) is 0 Å². The van der Waals surface area contributed by atoms with Gasteiger partial charge in [0.2, 0.25) is 5.78 Å². The fourth-order valence-corrected chi connectivity index (χ4v) is 2.09. The van der Waals surface area contributed by atoms with Crippen LogP contribution in [-0.4, -0.2) is 20.9 Å². The minimum atomic E-state index is -0.568. The van der Waals surface area contributed by atoms with Crippen molar-refractivity contribution in [1.82, 2.24) is 0 Å². The van der Waals surface area contributed by atoms with Crippen molar-refractivity contribution in [3.05, 3.63) is 63.4 Å². The van der Waals surface area contributed by atoms with Gasteiger partial charge in [-0.1, -0.05) is 0 Å². The standard InChI is InChI=1S/C15H9NO6/c17-10-5-6-11-13(14(10)18)15(19)12(22-11)7-8-1-3-9(4-2-8)16(20)21/h1-7,17-18H/b12-7-. The Labute approximate surface area is 123 Å². The van der Waals surface area contributed by atoms with Gasteiger partial charge in [-0.25, -0.2) is 0 Å². The summed E-state index contributed by atoms with van der Waals surface area (Å²) < 4.78 is 5.34. The second-order valence-corrected chi connectivity index (χ2v) is 4.59. The number of Topliss-reactive ketones (excluding diaryl/α,β-unsaturated/α-hetero) is 1. The minimum Gasteiger partial charge on any atom is -0.504 e. The van der Waals surface area contributed by atoms with Crippen molar-refractivity contribution in [2.75, 3.05) is 0 Å². The van der Waals surface area contributed by atoms with Gasteiger partial charge in [-0.05, 0) is 35.9 Å². The maximum atomic E-state index is 12.2. The van der Waals surface area contributed by atoms with Gasteiger partial charge in [0, 0.05) is 12.1 Å². The van der Waals surface area contributed by atoms with Crippen molar-refractivity contribution in [2.24, 2.45) is 0 Å². The van der Waals surface area contributed by atoms with Gasteiger partial charge in [0.1, 0.15) is 11.3 Å². The highest BCUT2D eigenvalue weighted by molar-refractivity contribution is 6.16. The number of hydrogen-bond acceptors (Lipinski definition) is 6. The van der Waals surface area contributed by atoms with Crippen LogP contribution in [0.1, 0.15) is 15.9 Å². The second-order valence-electron chi connectivity index (χ2n) is 4.59. The predicted molar refractivity (Wildman–Crippen MR) is 75.8 cm³/mol. The molecule has 0 aromatic heterocycles. The number of phenolic OH excluding ortho intramolecular Hbond substituents is 2. The topological polar surface area (TPSA) is 110 Å². The normalized spacial score (nSPS) is 14.7. The molecular formula is C15H9NO6. The molecule has 2 aromatic rings. The lowest BCUT2D eigenvalue weighted by Crippen LogP contribution is -1.98. The number of non-ortho nitro benzene ring substituents is 1. The van der Waals surface area contributed by atoms with Crippen LogP contribution in [0.15, 0.2) is 42.2 Å². The number of phenols is 2. The van der Waals surface area contributed by atoms with Gasteiger partial charge in [-0.15, -0.1) is 0 Å². The molecule has 0 fully saturated rings. The lowest BCUT2D eigenvalue weighted by molar-refractivity contribution is -0.384. The van der Waals surface area contributed by atoms with E-state index in [0.29, 0.717) is 5.56 Å². The lowest BCUT2D eigenvalue weighted by atomic mass is 10.1. The summed E-state index contributed by atoms with van der Waals surface area (Å²) in [5.74, 6) is -1.40. The van der Waals surface area contributed by atoms with E-state index < -0.39 is 22.2 Å². The van der Waals surface area contributed by atoms with Crippen molar-refractivity contribution in [3.63, 3.8) is 0 Å². The molecule has 22 heavy (non-hydrogen) atoms. The van der Waals surface area contributed by atoms with Crippen LogP contribution in [0, 0.1) is 10.1 Å². The zero-order valence-electron chi connectivity index (χ0n) is 11.0. The summed E-state index contributed by atoms with van der Waals surface area (Å²) in [6, 6.07) is 8.16. The molecule has 2 aromatic carbocycles. The molecule has 1 heterocycles. The molecule has 0 saturated heterocycles. The number of hydrogen-bond donors (Lipinski definition) is 2. The van der Waals surface area contributed by atoms with Crippen LogP contribution < -0.4 is 4.74 Å². The van der Waals surface area contributed by atoms with Gasteiger partial charge in [-0.3, -0.25) is 14.9 Å². The molecule has 2 N–H and O–H groups in total. The molecule has 7 nitrogen and oxygen atoms in total. The molecule has 7 heteroatoms. The Morgan fingerprint density at radius 3 is 2.41 bits per heavy atom. The molecule has 0 bridgehead atoms. The van der Waals surface area contributed by atoms with Crippen LogP contribution >= 0.6 is 0 Å². The van der Waals surface area contributed by atoms with Crippen LogP contribution in [-0.2, 0) is 0 Å². The predicted octanol–water partition coefficient (Wildman–Crippen LogP) is 2.62. The number of benzene rings is 2. The van der Waals surface area contributed by atoms with Gasteiger partial charge in [0.25, 0.3) is 5.69 Å². The Morgan fingerprint density at radius 1 is 1.09 bits per heavy atom. The number of fused-ring (bicyclic) bond motifs is 1. The Hall–Kier alpha value is -3.35. The highest BCUT2D eigenvalue weighted by Crippen LogP contribution is 2.42. The quantitative estimate of drug-likeness (QED) is 0.382. The van der Waals surface area contributed by atoms with Gasteiger partial charge in [0.15, 0.2) is 17.3 Å². The number of nitro benzene ring substituents is 1. The molecule has 0 unspecified atom stereocenters. The van der Waals surface area contributed by atoms with Crippen molar-refractivity contribution in [1.29, 1.82) is 0 Å². The number of ketones is 1. The fraction of sp³-hybridized carbons (Fsp3) is 0. The van der Waals surface area contributed by atoms with Crippen LogP contribution in [0.5, 0.6) is 17.2 Å². The minimum absolute atomic E-state index is 0.0373. The maximum Gasteiger partial charge on any atom is 0.269 e. The van der Waals surface area contributed by atoms with Crippen molar-refractivity contribution < 1.29 is 24.7 Å². The summed E-state index contributed by atoms with van der Waals surface area (Å²) in [5, 5.41) is 29.7. The van der Waals surface area contributed by atoms with E-state index >= 15 is 0 Å². The molecule has 110 valence electrons. The van der Waals surface area contributed by atoms with Crippen LogP contribution in [0.4, 0.5) is 5.69 Å². The average molecular weight is 299 g/mol. The fourth-order valence-electron chi connectivity index (χ4n) is 2.09. The van der Waals surface area contributed by atoms with Gasteiger partial charge in [0.05, 0.1) is 4.92 Å². The summed E-state index contributed by atoms with van der Waals surface area (Å²) in [6.45, 7) is 0. The summed E-state index contributed by atoms with van der Waals surface area (Å²) >= 11 is 0. The summed E-state index contributed by atoms with van der Waals surface area (Å²) in [6.07, 6.45) is 1.41. The second kappa shape index (κ2) is 4.88. The van der Waals surface area contributed by atoms with E-state index in [1.807, 2.05) is 0 Å². The molecule has 1 aliphatic heterocycles. The van der Waals surface area contributed by atoms with Gasteiger partial charge in [-0.2, -0.15) is 0 Å². The number of carbonyl (C=O) groups excluding carboxylic acids is 1. The van der Waals surface area contributed by atoms with Gasteiger partial charge >= 0.3 is 0 Å². The number of ether oxygens (including phenoxy) is 1. The molecule has 3 rings (SSSR count). The van der Waals surface area contributed by atoms with E-state index in [1.54, 1.807) is 0 Å². The number of aromatic hydroxyl groups is 2. The number of carbonyl (C=O) groups is 1. The SMILES string of the molecule is O=C1/C(=C/c2ccc([N+](=O)[O-])cc2)Oc2ccc(O)c(O)c21. The largest absolute Gasteiger partial charge is 0.504 e. The number of allylic oxidation sites excluding steroid dienone is 1. The smallest absolute Gasteiger partial charge is 0.269 e. The molecule has 0 saturated carbocycles. The Balaban J connectivity index is 1.96. The lowest BCUT2D eigenvalue weighted by Gasteiger charge is -2.00. The summed E-state index contributed by atoms with van der Waals surface area (Å²) in [4.78, 5) is 22.2. The average Bonchev–Trinajstić information content (AvgIpc) is 2.81. The third-order valence-corrected chi connectivity index (χ3v) is 3.19. The number of nitrogens with zero attached hydrogens (tertiary/aromatic N) is 1. The monoisotopic (exact) mass is 299 g/mol. The highest BCUT2D eigenvalue weighted by atomic mass is 16.6. The zero-order valence-corrected chi connectivity index (χ0v) is 11.0. The first-order valence-electron chi connectivity index (χ1n) is 6.21. The zero-order chi connectivity index (χ0) is 15.9. The molecular weight excluding hydrogens is 290 g/mol. The molecule has 1 aliphatic rings. The molecule has 0 aliphatic carbocycles. The first kappa shape index (κ1) is 13.6. The Morgan fingerprint density at radius 2 is 1.77 bits per heavy atom. The van der Waals surface area contributed by atoms with E-state index in [1.165, 1.54) is 42.5 Å².